The van der Waals surface area contributed by atoms with Crippen LogP contribution in [0.5, 0.6) is 0 Å². The summed E-state index contributed by atoms with van der Waals surface area (Å²) in [5, 5.41) is 0. The summed E-state index contributed by atoms with van der Waals surface area (Å²) in [7, 11) is 2.00. The highest BCUT2D eigenvalue weighted by atomic mass is 79.9. The summed E-state index contributed by atoms with van der Waals surface area (Å²) < 4.78 is 3.05. The topological polar surface area (TPSA) is 43.8 Å². The largest absolute Gasteiger partial charge is 0.345 e. The van der Waals surface area contributed by atoms with Crippen LogP contribution in [0.15, 0.2) is 22.8 Å². The Balaban J connectivity index is 2.77. The van der Waals surface area contributed by atoms with Crippen molar-refractivity contribution in [2.45, 2.75) is 6.54 Å². The lowest BCUT2D eigenvalue weighted by molar-refractivity contribution is 0.849. The van der Waals surface area contributed by atoms with Crippen molar-refractivity contribution in [3.8, 4) is 0 Å². The second-order valence-electron chi connectivity index (χ2n) is 2.96. The Labute approximate surface area is 84.7 Å². The van der Waals surface area contributed by atoms with Gasteiger partial charge in [0.15, 0.2) is 0 Å². The Hall–Kier alpha value is -0.870. The van der Waals surface area contributed by atoms with Gasteiger partial charge >= 0.3 is 0 Å². The second-order valence-corrected chi connectivity index (χ2v) is 3.87. The van der Waals surface area contributed by atoms with Crippen molar-refractivity contribution in [1.82, 2.24) is 9.55 Å². The molecule has 2 aromatic heterocycles. The zero-order chi connectivity index (χ0) is 9.42. The fourth-order valence-electron chi connectivity index (χ4n) is 1.42. The van der Waals surface area contributed by atoms with E-state index in [9.17, 15) is 0 Å². The molecule has 0 radical (unpaired) electrons. The molecule has 0 aliphatic heterocycles. The second kappa shape index (κ2) is 3.12. The molecule has 0 fully saturated rings. The number of rotatable bonds is 1. The van der Waals surface area contributed by atoms with Crippen LogP contribution in [-0.4, -0.2) is 9.55 Å². The number of hydrogen-bond donors (Lipinski definition) is 1. The molecule has 4 heteroatoms. The maximum atomic E-state index is 5.59. The number of fused-ring (bicyclic) bond motifs is 1. The van der Waals surface area contributed by atoms with Gasteiger partial charge in [-0.3, -0.25) is 4.98 Å². The Bertz CT molecular complexity index is 447. The average molecular weight is 240 g/mol. The normalized spacial score (nSPS) is 11.0. The molecular formula is C9H10BrN3. The van der Waals surface area contributed by atoms with Crippen molar-refractivity contribution in [2.24, 2.45) is 12.8 Å². The smallest absolute Gasteiger partial charge is 0.0885 e. The van der Waals surface area contributed by atoms with Gasteiger partial charge in [-0.1, -0.05) is 0 Å². The summed E-state index contributed by atoms with van der Waals surface area (Å²) in [5.41, 5.74) is 8.79. The Kier molecular flexibility index (Phi) is 2.09. The van der Waals surface area contributed by atoms with E-state index >= 15 is 0 Å². The fourth-order valence-corrected chi connectivity index (χ4v) is 1.74. The Morgan fingerprint density at radius 3 is 3.00 bits per heavy atom. The summed E-state index contributed by atoms with van der Waals surface area (Å²) in [5.74, 6) is 0. The molecule has 0 amide bonds. The molecule has 0 bridgehead atoms. The van der Waals surface area contributed by atoms with Gasteiger partial charge < -0.3 is 10.3 Å². The lowest BCUT2D eigenvalue weighted by Gasteiger charge is -1.99. The molecule has 0 aromatic carbocycles. The quantitative estimate of drug-likeness (QED) is 0.825. The molecule has 68 valence electrons. The van der Waals surface area contributed by atoms with Crippen LogP contribution in [0.25, 0.3) is 11.0 Å². The van der Waals surface area contributed by atoms with Crippen LogP contribution in [0.4, 0.5) is 0 Å². The van der Waals surface area contributed by atoms with Crippen molar-refractivity contribution in [2.75, 3.05) is 0 Å². The van der Waals surface area contributed by atoms with E-state index in [1.807, 2.05) is 19.2 Å². The first-order valence-electron chi connectivity index (χ1n) is 4.02. The average Bonchev–Trinajstić information content (AvgIpc) is 2.44. The highest BCUT2D eigenvalue weighted by Crippen LogP contribution is 2.19. The number of aryl methyl sites for hydroxylation is 1. The minimum atomic E-state index is 0.546. The van der Waals surface area contributed by atoms with Gasteiger partial charge in [0.25, 0.3) is 0 Å². The van der Waals surface area contributed by atoms with Crippen molar-refractivity contribution in [3.63, 3.8) is 0 Å². The SMILES string of the molecule is Cn1c(CN)cc2ncc(Br)cc21. The van der Waals surface area contributed by atoms with E-state index in [1.54, 1.807) is 6.20 Å². The molecule has 0 spiro atoms. The first-order valence-corrected chi connectivity index (χ1v) is 4.81. The van der Waals surface area contributed by atoms with Gasteiger partial charge in [0.2, 0.25) is 0 Å². The third-order valence-corrected chi connectivity index (χ3v) is 2.60. The first kappa shape index (κ1) is 8.72. The summed E-state index contributed by atoms with van der Waals surface area (Å²) in [6, 6.07) is 4.06. The van der Waals surface area contributed by atoms with Crippen LogP contribution < -0.4 is 5.73 Å². The number of aromatic nitrogens is 2. The number of hydrogen-bond acceptors (Lipinski definition) is 2. The minimum absolute atomic E-state index is 0.546. The molecule has 0 aliphatic carbocycles. The first-order chi connectivity index (χ1) is 6.22. The van der Waals surface area contributed by atoms with E-state index in [0.717, 1.165) is 21.2 Å². The van der Waals surface area contributed by atoms with Crippen molar-refractivity contribution < 1.29 is 0 Å². The fraction of sp³-hybridized carbons (Fsp3) is 0.222. The highest BCUT2D eigenvalue weighted by Gasteiger charge is 2.04. The number of nitrogens with zero attached hydrogens (tertiary/aromatic N) is 2. The van der Waals surface area contributed by atoms with Gasteiger partial charge in [0.05, 0.1) is 11.0 Å². The molecular weight excluding hydrogens is 230 g/mol. The third-order valence-electron chi connectivity index (χ3n) is 2.17. The van der Waals surface area contributed by atoms with Gasteiger partial charge in [-0.2, -0.15) is 0 Å². The van der Waals surface area contributed by atoms with E-state index in [0.29, 0.717) is 6.54 Å². The molecule has 2 rings (SSSR count). The molecule has 3 nitrogen and oxygen atoms in total. The van der Waals surface area contributed by atoms with Gasteiger partial charge in [0.1, 0.15) is 0 Å². The van der Waals surface area contributed by atoms with E-state index in [4.69, 9.17) is 5.73 Å². The molecule has 0 aliphatic rings. The van der Waals surface area contributed by atoms with Crippen LogP contribution in [0.2, 0.25) is 0 Å². The number of halogens is 1. The number of nitrogens with two attached hydrogens (primary N) is 1. The van der Waals surface area contributed by atoms with E-state index in [-0.39, 0.29) is 0 Å². The van der Waals surface area contributed by atoms with Crippen LogP contribution in [0.1, 0.15) is 5.69 Å². The van der Waals surface area contributed by atoms with Gasteiger partial charge in [-0.25, -0.2) is 0 Å². The van der Waals surface area contributed by atoms with Crippen LogP contribution in [0.3, 0.4) is 0 Å². The zero-order valence-corrected chi connectivity index (χ0v) is 8.87. The lowest BCUT2D eigenvalue weighted by atomic mass is 10.4. The van der Waals surface area contributed by atoms with E-state index in [1.165, 1.54) is 0 Å². The summed E-state index contributed by atoms with van der Waals surface area (Å²) >= 11 is 3.39. The van der Waals surface area contributed by atoms with Gasteiger partial charge in [-0.15, -0.1) is 0 Å². The maximum absolute atomic E-state index is 5.59. The van der Waals surface area contributed by atoms with Gasteiger partial charge in [0, 0.05) is 30.0 Å². The monoisotopic (exact) mass is 239 g/mol. The predicted molar refractivity (Wildman–Crippen MR) is 56.3 cm³/mol. The molecule has 2 aromatic rings. The Morgan fingerprint density at radius 1 is 1.54 bits per heavy atom. The predicted octanol–water partition coefficient (Wildman–Crippen LogP) is 1.79. The van der Waals surface area contributed by atoms with Crippen molar-refractivity contribution >= 4 is 27.0 Å². The summed E-state index contributed by atoms with van der Waals surface area (Å²) in [6.45, 7) is 0.546. The Morgan fingerprint density at radius 2 is 2.31 bits per heavy atom. The molecule has 13 heavy (non-hydrogen) atoms. The summed E-state index contributed by atoms with van der Waals surface area (Å²) in [6.07, 6.45) is 1.79. The molecule has 2 heterocycles. The van der Waals surface area contributed by atoms with Gasteiger partial charge in [-0.05, 0) is 28.1 Å². The van der Waals surface area contributed by atoms with Crippen molar-refractivity contribution in [1.29, 1.82) is 0 Å². The highest BCUT2D eigenvalue weighted by molar-refractivity contribution is 9.10. The molecule has 0 saturated heterocycles. The standard InChI is InChI=1S/C9H10BrN3/c1-13-7(4-11)3-8-9(13)2-6(10)5-12-8/h2-3,5H,4,11H2,1H3. The van der Waals surface area contributed by atoms with Crippen LogP contribution in [0, 0.1) is 0 Å². The third kappa shape index (κ3) is 1.36. The molecule has 2 N–H and O–H groups in total. The zero-order valence-electron chi connectivity index (χ0n) is 7.29. The number of pyridine rings is 1. The lowest BCUT2D eigenvalue weighted by Crippen LogP contribution is -2.02. The summed E-state index contributed by atoms with van der Waals surface area (Å²) in [4.78, 5) is 4.29. The maximum Gasteiger partial charge on any atom is 0.0885 e. The van der Waals surface area contributed by atoms with Crippen LogP contribution >= 0.6 is 15.9 Å². The molecule has 0 unspecified atom stereocenters. The van der Waals surface area contributed by atoms with Crippen molar-refractivity contribution in [3.05, 3.63) is 28.5 Å². The van der Waals surface area contributed by atoms with Crippen LogP contribution in [-0.2, 0) is 13.6 Å². The van der Waals surface area contributed by atoms with E-state index in [2.05, 4.69) is 25.5 Å². The molecule has 0 saturated carbocycles. The van der Waals surface area contributed by atoms with E-state index < -0.39 is 0 Å². The minimum Gasteiger partial charge on any atom is -0.345 e. The molecule has 0 atom stereocenters.